The van der Waals surface area contributed by atoms with Crippen molar-refractivity contribution in [3.8, 4) is 11.1 Å². The molecule has 0 aliphatic heterocycles. The van der Waals surface area contributed by atoms with Crippen molar-refractivity contribution < 1.29 is 14.3 Å². The van der Waals surface area contributed by atoms with Gasteiger partial charge in [0.25, 0.3) is 0 Å². The molecule has 0 amide bonds. The lowest BCUT2D eigenvalue weighted by Gasteiger charge is -2.09. The van der Waals surface area contributed by atoms with Crippen molar-refractivity contribution in [1.29, 1.82) is 0 Å². The topological polar surface area (TPSA) is 37.3 Å². The predicted molar refractivity (Wildman–Crippen MR) is 72.9 cm³/mol. The molecule has 3 heteroatoms. The fraction of sp³-hybridized carbons (Fsp3) is 0.188. The molecule has 0 heterocycles. The normalized spacial score (nSPS) is 10.7. The summed E-state index contributed by atoms with van der Waals surface area (Å²) in [6.45, 7) is 4.17. The van der Waals surface area contributed by atoms with Crippen LogP contribution >= 0.6 is 0 Å². The Bertz CT molecular complexity index is 601. The smallest absolute Gasteiger partial charge is 0.338 e. The van der Waals surface area contributed by atoms with Crippen molar-refractivity contribution in [3.05, 3.63) is 59.4 Å². The third kappa shape index (κ3) is 2.65. The number of carboxylic acids is 1. The summed E-state index contributed by atoms with van der Waals surface area (Å²) >= 11 is 0. The fourth-order valence-electron chi connectivity index (χ4n) is 1.97. The first-order valence-corrected chi connectivity index (χ1v) is 6.13. The van der Waals surface area contributed by atoms with E-state index in [0.29, 0.717) is 17.0 Å². The number of benzene rings is 2. The number of rotatable bonds is 3. The summed E-state index contributed by atoms with van der Waals surface area (Å²) in [7, 11) is 0. The highest BCUT2D eigenvalue weighted by atomic mass is 19.1. The summed E-state index contributed by atoms with van der Waals surface area (Å²) in [4.78, 5) is 10.9. The van der Waals surface area contributed by atoms with Gasteiger partial charge in [-0.3, -0.25) is 0 Å². The number of halogens is 1. The second kappa shape index (κ2) is 5.22. The Morgan fingerprint density at radius 3 is 2.26 bits per heavy atom. The van der Waals surface area contributed by atoms with E-state index in [0.717, 1.165) is 0 Å². The third-order valence-corrected chi connectivity index (χ3v) is 3.12. The Morgan fingerprint density at radius 1 is 1.11 bits per heavy atom. The molecule has 0 atom stereocenters. The van der Waals surface area contributed by atoms with Gasteiger partial charge in [-0.25, -0.2) is 9.18 Å². The van der Waals surface area contributed by atoms with Gasteiger partial charge in [-0.15, -0.1) is 0 Å². The van der Waals surface area contributed by atoms with Gasteiger partial charge in [-0.2, -0.15) is 0 Å². The minimum Gasteiger partial charge on any atom is -0.478 e. The van der Waals surface area contributed by atoms with Gasteiger partial charge in [-0.05, 0) is 23.1 Å². The minimum atomic E-state index is -1.25. The lowest BCUT2D eigenvalue weighted by molar-refractivity contribution is 0.0692. The van der Waals surface area contributed by atoms with E-state index in [2.05, 4.69) is 13.8 Å². The molecule has 2 nitrogen and oxygen atoms in total. The second-order valence-electron chi connectivity index (χ2n) is 4.75. The molecule has 0 aliphatic carbocycles. The standard InChI is InChI=1S/C16H15FO2/c1-10(2)11-6-8-12(9-7-11)13-4-3-5-14(15(13)17)16(18)19/h3-10H,1-2H3,(H,18,19). The first-order valence-electron chi connectivity index (χ1n) is 6.13. The molecule has 2 aromatic rings. The Balaban J connectivity index is 2.47. The van der Waals surface area contributed by atoms with Crippen molar-refractivity contribution in [2.45, 2.75) is 19.8 Å². The van der Waals surface area contributed by atoms with E-state index in [-0.39, 0.29) is 5.56 Å². The van der Waals surface area contributed by atoms with Crippen LogP contribution in [0.2, 0.25) is 0 Å². The van der Waals surface area contributed by atoms with Crippen LogP contribution < -0.4 is 0 Å². The van der Waals surface area contributed by atoms with Gasteiger partial charge < -0.3 is 5.11 Å². The van der Waals surface area contributed by atoms with Crippen LogP contribution in [-0.2, 0) is 0 Å². The van der Waals surface area contributed by atoms with Gasteiger partial charge in [0.05, 0.1) is 5.56 Å². The molecule has 0 radical (unpaired) electrons. The van der Waals surface area contributed by atoms with Gasteiger partial charge in [0.1, 0.15) is 5.82 Å². The van der Waals surface area contributed by atoms with E-state index in [4.69, 9.17) is 5.11 Å². The Labute approximate surface area is 111 Å². The van der Waals surface area contributed by atoms with Gasteiger partial charge in [-0.1, -0.05) is 50.2 Å². The van der Waals surface area contributed by atoms with E-state index in [9.17, 15) is 9.18 Å². The van der Waals surface area contributed by atoms with Crippen LogP contribution in [0.5, 0.6) is 0 Å². The van der Waals surface area contributed by atoms with Crippen LogP contribution in [0.25, 0.3) is 11.1 Å². The van der Waals surface area contributed by atoms with Crippen molar-refractivity contribution >= 4 is 5.97 Å². The number of carboxylic acid groups (broad SMARTS) is 1. The van der Waals surface area contributed by atoms with Crippen LogP contribution in [0.4, 0.5) is 4.39 Å². The van der Waals surface area contributed by atoms with Gasteiger partial charge in [0.15, 0.2) is 0 Å². The average molecular weight is 258 g/mol. The summed E-state index contributed by atoms with van der Waals surface area (Å²) in [5.74, 6) is -1.53. The van der Waals surface area contributed by atoms with Crippen LogP contribution in [0, 0.1) is 5.82 Å². The maximum Gasteiger partial charge on any atom is 0.338 e. The van der Waals surface area contributed by atoms with E-state index in [1.807, 2.05) is 24.3 Å². The van der Waals surface area contributed by atoms with Gasteiger partial charge in [0.2, 0.25) is 0 Å². The molecule has 0 aromatic heterocycles. The zero-order valence-corrected chi connectivity index (χ0v) is 10.9. The molecule has 2 aromatic carbocycles. The molecule has 2 rings (SSSR count). The minimum absolute atomic E-state index is 0.301. The third-order valence-electron chi connectivity index (χ3n) is 3.12. The molecular formula is C16H15FO2. The molecule has 1 N–H and O–H groups in total. The molecule has 0 saturated carbocycles. The number of carbonyl (C=O) groups is 1. The zero-order chi connectivity index (χ0) is 14.0. The van der Waals surface area contributed by atoms with Crippen LogP contribution in [-0.4, -0.2) is 11.1 Å². The molecule has 0 bridgehead atoms. The summed E-state index contributed by atoms with van der Waals surface area (Å²) in [5.41, 5.74) is 1.86. The highest BCUT2D eigenvalue weighted by Gasteiger charge is 2.14. The van der Waals surface area contributed by atoms with Crippen LogP contribution in [0.15, 0.2) is 42.5 Å². The molecular weight excluding hydrogens is 243 g/mol. The highest BCUT2D eigenvalue weighted by Crippen LogP contribution is 2.26. The molecule has 0 saturated heterocycles. The molecule has 0 fully saturated rings. The van der Waals surface area contributed by atoms with Crippen molar-refractivity contribution in [1.82, 2.24) is 0 Å². The SMILES string of the molecule is CC(C)c1ccc(-c2cccc(C(=O)O)c2F)cc1. The Kier molecular flexibility index (Phi) is 3.65. The van der Waals surface area contributed by atoms with E-state index in [1.54, 1.807) is 12.1 Å². The summed E-state index contributed by atoms with van der Waals surface area (Å²) in [6.07, 6.45) is 0. The summed E-state index contributed by atoms with van der Waals surface area (Å²) < 4.78 is 14.1. The van der Waals surface area contributed by atoms with Crippen molar-refractivity contribution in [2.75, 3.05) is 0 Å². The molecule has 0 spiro atoms. The van der Waals surface area contributed by atoms with Crippen molar-refractivity contribution in [3.63, 3.8) is 0 Å². The lowest BCUT2D eigenvalue weighted by atomic mass is 9.97. The number of hydrogen-bond donors (Lipinski definition) is 1. The summed E-state index contributed by atoms with van der Waals surface area (Å²) in [5, 5.41) is 8.91. The quantitative estimate of drug-likeness (QED) is 0.890. The van der Waals surface area contributed by atoms with Gasteiger partial charge >= 0.3 is 5.97 Å². The Hall–Kier alpha value is -2.16. The predicted octanol–water partition coefficient (Wildman–Crippen LogP) is 4.31. The largest absolute Gasteiger partial charge is 0.478 e. The zero-order valence-electron chi connectivity index (χ0n) is 10.9. The first kappa shape index (κ1) is 13.3. The molecule has 19 heavy (non-hydrogen) atoms. The molecule has 0 aliphatic rings. The molecule has 98 valence electrons. The van der Waals surface area contributed by atoms with E-state index < -0.39 is 11.8 Å². The monoisotopic (exact) mass is 258 g/mol. The maximum absolute atomic E-state index is 14.1. The average Bonchev–Trinajstić information content (AvgIpc) is 2.38. The maximum atomic E-state index is 14.1. The molecule has 0 unspecified atom stereocenters. The first-order chi connectivity index (χ1) is 9.00. The fourth-order valence-corrected chi connectivity index (χ4v) is 1.97. The summed E-state index contributed by atoms with van der Waals surface area (Å²) in [6, 6.07) is 11.9. The van der Waals surface area contributed by atoms with Gasteiger partial charge in [0, 0.05) is 5.56 Å². The number of hydrogen-bond acceptors (Lipinski definition) is 1. The van der Waals surface area contributed by atoms with E-state index in [1.165, 1.54) is 11.6 Å². The number of aromatic carboxylic acids is 1. The lowest BCUT2D eigenvalue weighted by Crippen LogP contribution is -2.01. The van der Waals surface area contributed by atoms with Crippen LogP contribution in [0.1, 0.15) is 35.7 Å². The van der Waals surface area contributed by atoms with Crippen molar-refractivity contribution in [2.24, 2.45) is 0 Å². The highest BCUT2D eigenvalue weighted by molar-refractivity contribution is 5.90. The van der Waals surface area contributed by atoms with E-state index >= 15 is 0 Å². The second-order valence-corrected chi connectivity index (χ2v) is 4.75. The Morgan fingerprint density at radius 2 is 1.74 bits per heavy atom. The van der Waals surface area contributed by atoms with Crippen LogP contribution in [0.3, 0.4) is 0 Å².